The van der Waals surface area contributed by atoms with Gasteiger partial charge in [0, 0.05) is 37.3 Å². The molecular formula is C18H27N3O2. The summed E-state index contributed by atoms with van der Waals surface area (Å²) in [5.74, 6) is 0.0412. The van der Waals surface area contributed by atoms with Crippen LogP contribution in [-0.2, 0) is 0 Å². The molecule has 126 valence electrons. The Morgan fingerprint density at radius 3 is 1.96 bits per heavy atom. The van der Waals surface area contributed by atoms with E-state index in [0.29, 0.717) is 30.3 Å². The van der Waals surface area contributed by atoms with E-state index >= 15 is 0 Å². The van der Waals surface area contributed by atoms with Crippen LogP contribution in [0.2, 0.25) is 0 Å². The highest BCUT2D eigenvalue weighted by Crippen LogP contribution is 2.15. The minimum absolute atomic E-state index is 0.0145. The van der Waals surface area contributed by atoms with E-state index in [1.807, 2.05) is 25.8 Å². The van der Waals surface area contributed by atoms with Gasteiger partial charge in [-0.25, -0.2) is 0 Å². The number of carbonyl (C=O) groups is 2. The molecule has 23 heavy (non-hydrogen) atoms. The van der Waals surface area contributed by atoms with Crippen molar-refractivity contribution in [2.75, 3.05) is 33.2 Å². The predicted molar refractivity (Wildman–Crippen MR) is 91.7 cm³/mol. The lowest BCUT2D eigenvalue weighted by atomic mass is 10.0. The van der Waals surface area contributed by atoms with Crippen LogP contribution in [0, 0.1) is 0 Å². The normalized spacial score (nSPS) is 15.3. The summed E-state index contributed by atoms with van der Waals surface area (Å²) in [6.45, 7) is 7.22. The standard InChI is InChI=1S/C18H27N3O2/c1-4-21(5-2)18(23)15-8-6-14(7-9-15)17(22)20(3)16-10-12-19-13-11-16/h6-9,16,19H,4-5,10-13H2,1-3H3. The van der Waals surface area contributed by atoms with Crippen LogP contribution in [0.1, 0.15) is 47.4 Å². The molecule has 1 N–H and O–H groups in total. The molecule has 0 aliphatic carbocycles. The zero-order valence-corrected chi connectivity index (χ0v) is 14.3. The van der Waals surface area contributed by atoms with Crippen molar-refractivity contribution >= 4 is 11.8 Å². The molecule has 1 aromatic rings. The Bertz CT molecular complexity index is 532. The Balaban J connectivity index is 2.06. The molecule has 0 spiro atoms. The summed E-state index contributed by atoms with van der Waals surface area (Å²) in [6.07, 6.45) is 1.97. The number of nitrogens with zero attached hydrogens (tertiary/aromatic N) is 2. The third-order valence-corrected chi connectivity index (χ3v) is 4.61. The second-order valence-electron chi connectivity index (χ2n) is 5.95. The van der Waals surface area contributed by atoms with Gasteiger partial charge in [0.2, 0.25) is 0 Å². The summed E-state index contributed by atoms with van der Waals surface area (Å²) < 4.78 is 0. The summed E-state index contributed by atoms with van der Waals surface area (Å²) in [6, 6.07) is 7.32. The Morgan fingerprint density at radius 2 is 1.48 bits per heavy atom. The van der Waals surface area contributed by atoms with Crippen molar-refractivity contribution in [1.82, 2.24) is 15.1 Å². The van der Waals surface area contributed by atoms with Crippen LogP contribution in [-0.4, -0.2) is 60.9 Å². The van der Waals surface area contributed by atoms with Gasteiger partial charge in [-0.1, -0.05) is 0 Å². The van der Waals surface area contributed by atoms with E-state index in [9.17, 15) is 9.59 Å². The molecule has 5 heteroatoms. The van der Waals surface area contributed by atoms with Crippen LogP contribution in [0.5, 0.6) is 0 Å². The Kier molecular flexibility index (Phi) is 6.16. The van der Waals surface area contributed by atoms with Crippen molar-refractivity contribution in [3.63, 3.8) is 0 Å². The molecule has 1 heterocycles. The van der Waals surface area contributed by atoms with E-state index in [1.54, 1.807) is 29.2 Å². The monoisotopic (exact) mass is 317 g/mol. The van der Waals surface area contributed by atoms with Crippen LogP contribution >= 0.6 is 0 Å². The molecule has 2 rings (SSSR count). The number of benzene rings is 1. The van der Waals surface area contributed by atoms with Crippen LogP contribution in [0.25, 0.3) is 0 Å². The molecule has 2 amide bonds. The summed E-state index contributed by atoms with van der Waals surface area (Å²) in [5.41, 5.74) is 1.27. The highest BCUT2D eigenvalue weighted by Gasteiger charge is 2.23. The van der Waals surface area contributed by atoms with E-state index in [2.05, 4.69) is 5.32 Å². The van der Waals surface area contributed by atoms with Crippen LogP contribution in [0.3, 0.4) is 0 Å². The first-order valence-electron chi connectivity index (χ1n) is 8.45. The molecule has 1 fully saturated rings. The first-order valence-corrected chi connectivity index (χ1v) is 8.45. The van der Waals surface area contributed by atoms with Crippen molar-refractivity contribution in [3.05, 3.63) is 35.4 Å². The largest absolute Gasteiger partial charge is 0.339 e. The van der Waals surface area contributed by atoms with Crippen LogP contribution in [0.15, 0.2) is 24.3 Å². The van der Waals surface area contributed by atoms with E-state index in [1.165, 1.54) is 0 Å². The fraction of sp³-hybridized carbons (Fsp3) is 0.556. The minimum atomic E-state index is 0.0145. The number of piperidine rings is 1. The highest BCUT2D eigenvalue weighted by molar-refractivity contribution is 5.97. The first-order chi connectivity index (χ1) is 11.1. The summed E-state index contributed by atoms with van der Waals surface area (Å²) >= 11 is 0. The number of carbonyl (C=O) groups excluding carboxylic acids is 2. The van der Waals surface area contributed by atoms with Crippen molar-refractivity contribution < 1.29 is 9.59 Å². The number of nitrogens with one attached hydrogen (secondary N) is 1. The number of amides is 2. The second-order valence-corrected chi connectivity index (χ2v) is 5.95. The maximum Gasteiger partial charge on any atom is 0.253 e. The summed E-state index contributed by atoms with van der Waals surface area (Å²) in [4.78, 5) is 28.5. The zero-order chi connectivity index (χ0) is 16.8. The molecule has 0 radical (unpaired) electrons. The van der Waals surface area contributed by atoms with Gasteiger partial charge in [-0.15, -0.1) is 0 Å². The molecule has 5 nitrogen and oxygen atoms in total. The lowest BCUT2D eigenvalue weighted by Gasteiger charge is -2.31. The lowest BCUT2D eigenvalue weighted by Crippen LogP contribution is -2.43. The van der Waals surface area contributed by atoms with Gasteiger partial charge in [0.1, 0.15) is 0 Å². The lowest BCUT2D eigenvalue weighted by molar-refractivity contribution is 0.0701. The predicted octanol–water partition coefficient (Wildman–Crippen LogP) is 1.99. The topological polar surface area (TPSA) is 52.7 Å². The Morgan fingerprint density at radius 1 is 1.00 bits per heavy atom. The molecule has 1 aliphatic rings. The van der Waals surface area contributed by atoms with Crippen LogP contribution in [0.4, 0.5) is 0 Å². The zero-order valence-electron chi connectivity index (χ0n) is 14.3. The van der Waals surface area contributed by atoms with Crippen molar-refractivity contribution in [3.8, 4) is 0 Å². The Hall–Kier alpha value is -1.88. The third-order valence-electron chi connectivity index (χ3n) is 4.61. The molecular weight excluding hydrogens is 290 g/mol. The summed E-state index contributed by atoms with van der Waals surface area (Å²) in [7, 11) is 1.87. The SMILES string of the molecule is CCN(CC)C(=O)c1ccc(C(=O)N(C)C2CCNCC2)cc1. The fourth-order valence-corrected chi connectivity index (χ4v) is 3.01. The maximum absolute atomic E-state index is 12.6. The smallest absolute Gasteiger partial charge is 0.253 e. The average molecular weight is 317 g/mol. The second kappa shape index (κ2) is 8.11. The number of hydrogen-bond donors (Lipinski definition) is 1. The van der Waals surface area contributed by atoms with Gasteiger partial charge in [-0.2, -0.15) is 0 Å². The average Bonchev–Trinajstić information content (AvgIpc) is 2.62. The van der Waals surface area contributed by atoms with Gasteiger partial charge >= 0.3 is 0 Å². The molecule has 0 saturated carbocycles. The maximum atomic E-state index is 12.6. The fourth-order valence-electron chi connectivity index (χ4n) is 3.01. The van der Waals surface area contributed by atoms with E-state index < -0.39 is 0 Å². The van der Waals surface area contributed by atoms with Gasteiger partial charge in [-0.3, -0.25) is 9.59 Å². The molecule has 0 unspecified atom stereocenters. The molecule has 1 aromatic carbocycles. The van der Waals surface area contributed by atoms with Crippen LogP contribution < -0.4 is 5.32 Å². The van der Waals surface area contributed by atoms with Gasteiger partial charge in [0.05, 0.1) is 0 Å². The van der Waals surface area contributed by atoms with Crippen molar-refractivity contribution in [2.45, 2.75) is 32.7 Å². The van der Waals surface area contributed by atoms with E-state index in [4.69, 9.17) is 0 Å². The highest BCUT2D eigenvalue weighted by atomic mass is 16.2. The Labute approximate surface area is 138 Å². The molecule has 1 saturated heterocycles. The van der Waals surface area contributed by atoms with E-state index in [-0.39, 0.29) is 11.8 Å². The van der Waals surface area contributed by atoms with Gasteiger partial charge in [0.15, 0.2) is 0 Å². The number of hydrogen-bond acceptors (Lipinski definition) is 3. The first kappa shape index (κ1) is 17.5. The molecule has 0 atom stereocenters. The van der Waals surface area contributed by atoms with Gasteiger partial charge in [-0.05, 0) is 64.0 Å². The van der Waals surface area contributed by atoms with Crippen molar-refractivity contribution in [1.29, 1.82) is 0 Å². The van der Waals surface area contributed by atoms with Crippen molar-refractivity contribution in [2.24, 2.45) is 0 Å². The third kappa shape index (κ3) is 4.10. The minimum Gasteiger partial charge on any atom is -0.339 e. The van der Waals surface area contributed by atoms with E-state index in [0.717, 1.165) is 25.9 Å². The molecule has 0 bridgehead atoms. The summed E-state index contributed by atoms with van der Waals surface area (Å²) in [5, 5.41) is 3.31. The van der Waals surface area contributed by atoms with Gasteiger partial charge < -0.3 is 15.1 Å². The molecule has 0 aromatic heterocycles. The van der Waals surface area contributed by atoms with Gasteiger partial charge in [0.25, 0.3) is 11.8 Å². The quantitative estimate of drug-likeness (QED) is 0.903. The molecule has 1 aliphatic heterocycles. The number of rotatable bonds is 5.